The van der Waals surface area contributed by atoms with E-state index in [0.717, 1.165) is 15.8 Å². The number of carbonyl (C=O) groups is 1. The summed E-state index contributed by atoms with van der Waals surface area (Å²) in [6, 6.07) is 14.2. The van der Waals surface area contributed by atoms with E-state index in [9.17, 15) is 4.79 Å². The smallest absolute Gasteiger partial charge is 0.250 e. The van der Waals surface area contributed by atoms with Crippen LogP contribution in [0.2, 0.25) is 0 Å². The molecule has 0 saturated heterocycles. The van der Waals surface area contributed by atoms with Crippen LogP contribution in [0.5, 0.6) is 5.75 Å². The number of benzene rings is 2. The fourth-order valence-corrected chi connectivity index (χ4v) is 2.52. The Hall–Kier alpha value is -2.74. The summed E-state index contributed by atoms with van der Waals surface area (Å²) in [6.07, 6.45) is 0. The van der Waals surface area contributed by atoms with Crippen molar-refractivity contribution in [2.24, 2.45) is 0 Å². The number of nitrogens with zero attached hydrogens (tertiary/aromatic N) is 4. The van der Waals surface area contributed by atoms with Crippen molar-refractivity contribution in [1.29, 1.82) is 0 Å². The standard InChI is InChI=1S/C18H18BrN5O2/c1-3-26-16-10-8-15(9-11-16)20-18(25)12(2)24-22-17(21-23-24)13-4-6-14(19)7-5-13/h4-12H,3H2,1-2H3,(H,20,25). The van der Waals surface area contributed by atoms with E-state index in [1.807, 2.05) is 43.3 Å². The Morgan fingerprint density at radius 1 is 1.19 bits per heavy atom. The van der Waals surface area contributed by atoms with Crippen molar-refractivity contribution in [3.63, 3.8) is 0 Å². The minimum absolute atomic E-state index is 0.228. The maximum Gasteiger partial charge on any atom is 0.250 e. The Kier molecular flexibility index (Phi) is 5.62. The number of aromatic nitrogens is 4. The molecule has 0 aliphatic carbocycles. The maximum absolute atomic E-state index is 12.4. The fraction of sp³-hybridized carbons (Fsp3) is 0.222. The zero-order chi connectivity index (χ0) is 18.5. The molecule has 134 valence electrons. The minimum Gasteiger partial charge on any atom is -0.494 e. The second-order valence-electron chi connectivity index (χ2n) is 5.56. The molecule has 26 heavy (non-hydrogen) atoms. The van der Waals surface area contributed by atoms with E-state index < -0.39 is 6.04 Å². The van der Waals surface area contributed by atoms with Crippen LogP contribution in [-0.4, -0.2) is 32.7 Å². The SMILES string of the molecule is CCOc1ccc(NC(=O)C(C)n2nnc(-c3ccc(Br)cc3)n2)cc1. The van der Waals surface area contributed by atoms with E-state index in [1.165, 1.54) is 4.80 Å². The molecule has 1 amide bonds. The van der Waals surface area contributed by atoms with Crippen molar-refractivity contribution >= 4 is 27.5 Å². The summed E-state index contributed by atoms with van der Waals surface area (Å²) >= 11 is 3.39. The maximum atomic E-state index is 12.4. The summed E-state index contributed by atoms with van der Waals surface area (Å²) in [5, 5.41) is 15.2. The van der Waals surface area contributed by atoms with Crippen molar-refractivity contribution in [2.75, 3.05) is 11.9 Å². The second kappa shape index (κ2) is 8.09. The first-order chi connectivity index (χ1) is 12.6. The number of hydrogen-bond acceptors (Lipinski definition) is 5. The molecule has 3 aromatic rings. The third-order valence-electron chi connectivity index (χ3n) is 3.69. The number of anilines is 1. The van der Waals surface area contributed by atoms with Gasteiger partial charge in [-0.25, -0.2) is 0 Å². The lowest BCUT2D eigenvalue weighted by Gasteiger charge is -2.11. The number of hydrogen-bond donors (Lipinski definition) is 1. The molecule has 0 spiro atoms. The van der Waals surface area contributed by atoms with Gasteiger partial charge in [0.25, 0.3) is 5.91 Å². The Balaban J connectivity index is 1.67. The molecule has 0 radical (unpaired) electrons. The van der Waals surface area contributed by atoms with E-state index in [4.69, 9.17) is 4.74 Å². The van der Waals surface area contributed by atoms with E-state index in [2.05, 4.69) is 36.7 Å². The fourth-order valence-electron chi connectivity index (χ4n) is 2.26. The van der Waals surface area contributed by atoms with Gasteiger partial charge in [-0.15, -0.1) is 10.2 Å². The van der Waals surface area contributed by atoms with Gasteiger partial charge >= 0.3 is 0 Å². The quantitative estimate of drug-likeness (QED) is 0.663. The molecule has 8 heteroatoms. The number of nitrogens with one attached hydrogen (secondary N) is 1. The highest BCUT2D eigenvalue weighted by molar-refractivity contribution is 9.10. The third kappa shape index (κ3) is 4.26. The Morgan fingerprint density at radius 3 is 2.54 bits per heavy atom. The zero-order valence-electron chi connectivity index (χ0n) is 14.4. The van der Waals surface area contributed by atoms with Gasteiger partial charge in [0, 0.05) is 15.7 Å². The van der Waals surface area contributed by atoms with Crippen LogP contribution in [0, 0.1) is 0 Å². The highest BCUT2D eigenvalue weighted by Crippen LogP contribution is 2.19. The summed E-state index contributed by atoms with van der Waals surface area (Å²) < 4.78 is 6.36. The molecule has 0 fully saturated rings. The van der Waals surface area contributed by atoms with Gasteiger partial charge in [0.05, 0.1) is 6.61 Å². The van der Waals surface area contributed by atoms with Crippen molar-refractivity contribution < 1.29 is 9.53 Å². The Labute approximate surface area is 159 Å². The molecule has 3 rings (SSSR count). The van der Waals surface area contributed by atoms with Gasteiger partial charge in [-0.3, -0.25) is 4.79 Å². The predicted molar refractivity (Wildman–Crippen MR) is 102 cm³/mol. The van der Waals surface area contributed by atoms with Crippen LogP contribution in [0.25, 0.3) is 11.4 Å². The van der Waals surface area contributed by atoms with Gasteiger partial charge in [-0.1, -0.05) is 15.9 Å². The molecule has 1 N–H and O–H groups in total. The van der Waals surface area contributed by atoms with Gasteiger partial charge in [0.2, 0.25) is 5.82 Å². The largest absolute Gasteiger partial charge is 0.494 e. The topological polar surface area (TPSA) is 81.9 Å². The molecule has 1 unspecified atom stereocenters. The summed E-state index contributed by atoms with van der Waals surface area (Å²) in [6.45, 7) is 4.24. The number of tetrazole rings is 1. The molecule has 0 aliphatic heterocycles. The highest BCUT2D eigenvalue weighted by atomic mass is 79.9. The van der Waals surface area contributed by atoms with Crippen LogP contribution in [-0.2, 0) is 4.79 Å². The first-order valence-corrected chi connectivity index (χ1v) is 8.95. The molecule has 0 saturated carbocycles. The Bertz CT molecular complexity index is 877. The Morgan fingerprint density at radius 2 is 1.88 bits per heavy atom. The number of ether oxygens (including phenoxy) is 1. The lowest BCUT2D eigenvalue weighted by molar-refractivity contribution is -0.119. The molecular formula is C18H18BrN5O2. The first-order valence-electron chi connectivity index (χ1n) is 8.16. The molecule has 7 nitrogen and oxygen atoms in total. The van der Waals surface area contributed by atoms with Crippen LogP contribution in [0.1, 0.15) is 19.9 Å². The van der Waals surface area contributed by atoms with Crippen LogP contribution < -0.4 is 10.1 Å². The number of halogens is 1. The van der Waals surface area contributed by atoms with Gasteiger partial charge < -0.3 is 10.1 Å². The molecule has 1 atom stereocenters. The van der Waals surface area contributed by atoms with Gasteiger partial charge in [-0.2, -0.15) is 4.80 Å². The van der Waals surface area contributed by atoms with Crippen molar-refractivity contribution in [2.45, 2.75) is 19.9 Å². The summed E-state index contributed by atoms with van der Waals surface area (Å²) in [4.78, 5) is 13.7. The van der Waals surface area contributed by atoms with E-state index in [1.54, 1.807) is 19.1 Å². The molecule has 0 bridgehead atoms. The van der Waals surface area contributed by atoms with Crippen molar-refractivity contribution in [3.05, 3.63) is 53.0 Å². The van der Waals surface area contributed by atoms with Crippen LogP contribution >= 0.6 is 15.9 Å². The van der Waals surface area contributed by atoms with Gasteiger partial charge in [0.1, 0.15) is 11.8 Å². The monoisotopic (exact) mass is 415 g/mol. The predicted octanol–water partition coefficient (Wildman–Crippen LogP) is 3.70. The first kappa shape index (κ1) is 18.1. The lowest BCUT2D eigenvalue weighted by Crippen LogP contribution is -2.25. The molecule has 1 aromatic heterocycles. The average Bonchev–Trinajstić information content (AvgIpc) is 3.13. The third-order valence-corrected chi connectivity index (χ3v) is 4.22. The average molecular weight is 416 g/mol. The molecular weight excluding hydrogens is 398 g/mol. The lowest BCUT2D eigenvalue weighted by atomic mass is 10.2. The molecule has 1 heterocycles. The zero-order valence-corrected chi connectivity index (χ0v) is 16.0. The van der Waals surface area contributed by atoms with Gasteiger partial charge in [0.15, 0.2) is 0 Å². The van der Waals surface area contributed by atoms with E-state index in [-0.39, 0.29) is 5.91 Å². The summed E-state index contributed by atoms with van der Waals surface area (Å²) in [5.74, 6) is 1.00. The molecule has 2 aromatic carbocycles. The van der Waals surface area contributed by atoms with E-state index >= 15 is 0 Å². The van der Waals surface area contributed by atoms with Crippen molar-refractivity contribution in [1.82, 2.24) is 20.2 Å². The number of rotatable bonds is 6. The summed E-state index contributed by atoms with van der Waals surface area (Å²) in [5.41, 5.74) is 1.51. The highest BCUT2D eigenvalue weighted by Gasteiger charge is 2.19. The minimum atomic E-state index is -0.599. The van der Waals surface area contributed by atoms with Crippen LogP contribution in [0.3, 0.4) is 0 Å². The second-order valence-corrected chi connectivity index (χ2v) is 6.48. The van der Waals surface area contributed by atoms with Gasteiger partial charge in [-0.05, 0) is 67.6 Å². The normalized spacial score (nSPS) is 11.8. The van der Waals surface area contributed by atoms with Crippen molar-refractivity contribution in [3.8, 4) is 17.1 Å². The van der Waals surface area contributed by atoms with Crippen LogP contribution in [0.4, 0.5) is 5.69 Å². The van der Waals surface area contributed by atoms with E-state index in [0.29, 0.717) is 18.1 Å². The van der Waals surface area contributed by atoms with Crippen LogP contribution in [0.15, 0.2) is 53.0 Å². The summed E-state index contributed by atoms with van der Waals surface area (Å²) in [7, 11) is 0. The number of amides is 1. The molecule has 0 aliphatic rings. The number of carbonyl (C=O) groups excluding carboxylic acids is 1.